The highest BCUT2D eigenvalue weighted by Crippen LogP contribution is 2.45. The topological polar surface area (TPSA) is 13.1 Å². The predicted molar refractivity (Wildman–Crippen MR) is 218 cm³/mol. The molecule has 0 amide bonds. The average Bonchev–Trinajstić information content (AvgIpc) is 3.59. The molecule has 51 heavy (non-hydrogen) atoms. The molecule has 11 aromatic rings. The van der Waals surface area contributed by atoms with Gasteiger partial charge >= 0.3 is 0 Å². The van der Waals surface area contributed by atoms with Gasteiger partial charge in [-0.25, -0.2) is 0 Å². The Kier molecular flexibility index (Phi) is 6.02. The number of hydrogen-bond acceptors (Lipinski definition) is 1. The van der Waals surface area contributed by atoms with Gasteiger partial charge in [0.1, 0.15) is 11.2 Å². The number of hydrogen-bond donors (Lipinski definition) is 0. The van der Waals surface area contributed by atoms with Gasteiger partial charge in [0.15, 0.2) is 0 Å². The summed E-state index contributed by atoms with van der Waals surface area (Å²) in [5, 5.41) is 14.6. The number of fused-ring (bicyclic) bond motifs is 10. The Morgan fingerprint density at radius 1 is 0.275 bits per heavy atom. The van der Waals surface area contributed by atoms with E-state index in [9.17, 15) is 0 Å². The molecule has 0 aliphatic carbocycles. The zero-order valence-corrected chi connectivity index (χ0v) is 27.7. The lowest BCUT2D eigenvalue weighted by Gasteiger charge is -2.18. The van der Waals surface area contributed by atoms with Crippen LogP contribution in [0.25, 0.3) is 109 Å². The molecular weight excluding hydrogens is 617 g/mol. The second-order valence-electron chi connectivity index (χ2n) is 13.6. The molecular formula is C50H30O. The Morgan fingerprint density at radius 3 is 1.53 bits per heavy atom. The van der Waals surface area contributed by atoms with Gasteiger partial charge in [0.2, 0.25) is 0 Å². The SMILES string of the molecule is c1cc(-c2ccc3ccc4c(oc5ccc6ccccc6c54)c3c2)cc(-c2c3ccccc3c(-c3ccc4ccccc4c3)c3ccccc23)c1. The maximum Gasteiger partial charge on any atom is 0.143 e. The van der Waals surface area contributed by atoms with Gasteiger partial charge in [0.05, 0.1) is 0 Å². The molecule has 0 radical (unpaired) electrons. The summed E-state index contributed by atoms with van der Waals surface area (Å²) in [7, 11) is 0. The molecule has 1 aromatic heterocycles. The second-order valence-corrected chi connectivity index (χ2v) is 13.6. The number of furan rings is 1. The van der Waals surface area contributed by atoms with Crippen LogP contribution in [0.3, 0.4) is 0 Å². The summed E-state index contributed by atoms with van der Waals surface area (Å²) >= 11 is 0. The van der Waals surface area contributed by atoms with Crippen molar-refractivity contribution in [2.75, 3.05) is 0 Å². The van der Waals surface area contributed by atoms with E-state index < -0.39 is 0 Å². The molecule has 0 atom stereocenters. The minimum Gasteiger partial charge on any atom is -0.455 e. The number of benzene rings is 10. The van der Waals surface area contributed by atoms with Crippen LogP contribution >= 0.6 is 0 Å². The highest BCUT2D eigenvalue weighted by atomic mass is 16.3. The molecule has 0 aliphatic rings. The van der Waals surface area contributed by atoms with Crippen molar-refractivity contribution < 1.29 is 4.42 Å². The van der Waals surface area contributed by atoms with E-state index in [-0.39, 0.29) is 0 Å². The third-order valence-electron chi connectivity index (χ3n) is 10.8. The molecule has 1 nitrogen and oxygen atoms in total. The first-order chi connectivity index (χ1) is 25.3. The molecule has 10 aromatic carbocycles. The van der Waals surface area contributed by atoms with Crippen LogP contribution < -0.4 is 0 Å². The van der Waals surface area contributed by atoms with Crippen molar-refractivity contribution in [2.45, 2.75) is 0 Å². The maximum atomic E-state index is 6.63. The summed E-state index contributed by atoms with van der Waals surface area (Å²) in [6.07, 6.45) is 0. The highest BCUT2D eigenvalue weighted by Gasteiger charge is 2.18. The van der Waals surface area contributed by atoms with Crippen molar-refractivity contribution in [3.8, 4) is 33.4 Å². The van der Waals surface area contributed by atoms with Gasteiger partial charge in [0.25, 0.3) is 0 Å². The Hall–Kier alpha value is -6.70. The normalized spacial score (nSPS) is 11.9. The van der Waals surface area contributed by atoms with Gasteiger partial charge in [-0.2, -0.15) is 0 Å². The first-order valence-corrected chi connectivity index (χ1v) is 17.6. The summed E-state index contributed by atoms with van der Waals surface area (Å²) < 4.78 is 6.63. The molecule has 0 spiro atoms. The van der Waals surface area contributed by atoms with Crippen LogP contribution in [0.1, 0.15) is 0 Å². The van der Waals surface area contributed by atoms with Gasteiger partial charge in [-0.05, 0) is 112 Å². The second kappa shape index (κ2) is 10.9. The molecule has 0 aliphatic heterocycles. The lowest BCUT2D eigenvalue weighted by Crippen LogP contribution is -1.91. The van der Waals surface area contributed by atoms with E-state index >= 15 is 0 Å². The fourth-order valence-corrected chi connectivity index (χ4v) is 8.45. The molecule has 0 saturated heterocycles. The Bertz CT molecular complexity index is 3140. The molecule has 1 heterocycles. The van der Waals surface area contributed by atoms with E-state index in [1.54, 1.807) is 0 Å². The van der Waals surface area contributed by atoms with E-state index in [1.807, 2.05) is 0 Å². The van der Waals surface area contributed by atoms with Crippen LogP contribution in [0.2, 0.25) is 0 Å². The molecule has 0 fully saturated rings. The van der Waals surface area contributed by atoms with Crippen molar-refractivity contribution in [3.63, 3.8) is 0 Å². The Balaban J connectivity index is 1.11. The van der Waals surface area contributed by atoms with E-state index in [4.69, 9.17) is 4.42 Å². The van der Waals surface area contributed by atoms with Gasteiger partial charge < -0.3 is 4.42 Å². The minimum absolute atomic E-state index is 0.925. The number of rotatable bonds is 3. The smallest absolute Gasteiger partial charge is 0.143 e. The first kappa shape index (κ1) is 28.2. The lowest BCUT2D eigenvalue weighted by atomic mass is 9.85. The van der Waals surface area contributed by atoms with Crippen LogP contribution in [0.15, 0.2) is 186 Å². The summed E-state index contributed by atoms with van der Waals surface area (Å²) in [6, 6.07) is 66.4. The average molecular weight is 647 g/mol. The molecule has 0 unspecified atom stereocenters. The molecule has 0 saturated carbocycles. The monoisotopic (exact) mass is 646 g/mol. The zero-order chi connectivity index (χ0) is 33.5. The van der Waals surface area contributed by atoms with Gasteiger partial charge in [0, 0.05) is 16.2 Å². The quantitative estimate of drug-likeness (QED) is 0.174. The van der Waals surface area contributed by atoms with Crippen LogP contribution in [0.4, 0.5) is 0 Å². The van der Waals surface area contributed by atoms with Crippen LogP contribution in [-0.4, -0.2) is 0 Å². The fourth-order valence-electron chi connectivity index (χ4n) is 8.45. The van der Waals surface area contributed by atoms with Crippen molar-refractivity contribution in [2.24, 2.45) is 0 Å². The standard InChI is InChI=1S/C50H30O/c1-2-12-34-28-38(23-20-31(34)10-1)48-42-18-7-5-16-40(42)47(41-17-6-8-19-43(41)48)37-14-9-13-35(29-37)36-22-21-33-24-26-44-49-39-15-4-3-11-32(39)25-27-46(49)51-50(44)45(33)30-36/h1-30H. The summed E-state index contributed by atoms with van der Waals surface area (Å²) in [4.78, 5) is 0. The van der Waals surface area contributed by atoms with Gasteiger partial charge in [-0.1, -0.05) is 152 Å². The van der Waals surface area contributed by atoms with Crippen LogP contribution in [0.5, 0.6) is 0 Å². The van der Waals surface area contributed by atoms with Gasteiger partial charge in [-0.3, -0.25) is 0 Å². The van der Waals surface area contributed by atoms with Crippen molar-refractivity contribution in [1.29, 1.82) is 0 Å². The Morgan fingerprint density at radius 2 is 0.784 bits per heavy atom. The third-order valence-corrected chi connectivity index (χ3v) is 10.8. The zero-order valence-electron chi connectivity index (χ0n) is 27.7. The van der Waals surface area contributed by atoms with Crippen LogP contribution in [-0.2, 0) is 0 Å². The summed E-state index contributed by atoms with van der Waals surface area (Å²) in [6.45, 7) is 0. The molecule has 0 bridgehead atoms. The fraction of sp³-hybridized carbons (Fsp3) is 0. The van der Waals surface area contributed by atoms with E-state index in [1.165, 1.54) is 87.2 Å². The maximum absolute atomic E-state index is 6.63. The van der Waals surface area contributed by atoms with E-state index in [2.05, 4.69) is 182 Å². The molecule has 0 N–H and O–H groups in total. The highest BCUT2D eigenvalue weighted by molar-refractivity contribution is 6.24. The van der Waals surface area contributed by atoms with Crippen molar-refractivity contribution in [1.82, 2.24) is 0 Å². The molecule has 236 valence electrons. The van der Waals surface area contributed by atoms with Crippen LogP contribution in [0, 0.1) is 0 Å². The van der Waals surface area contributed by atoms with E-state index in [0.29, 0.717) is 0 Å². The largest absolute Gasteiger partial charge is 0.455 e. The molecule has 1 heteroatoms. The lowest BCUT2D eigenvalue weighted by molar-refractivity contribution is 0.673. The minimum atomic E-state index is 0.925. The summed E-state index contributed by atoms with van der Waals surface area (Å²) in [5.74, 6) is 0. The Labute approximate surface area is 294 Å². The van der Waals surface area contributed by atoms with Crippen molar-refractivity contribution in [3.05, 3.63) is 182 Å². The van der Waals surface area contributed by atoms with Crippen molar-refractivity contribution >= 4 is 75.8 Å². The first-order valence-electron chi connectivity index (χ1n) is 17.6. The molecule has 11 rings (SSSR count). The van der Waals surface area contributed by atoms with Gasteiger partial charge in [-0.15, -0.1) is 0 Å². The predicted octanol–water partition coefficient (Wildman–Crippen LogP) is 14.4. The third kappa shape index (κ3) is 4.28. The summed E-state index contributed by atoms with van der Waals surface area (Å²) in [5.41, 5.74) is 9.21. The van der Waals surface area contributed by atoms with E-state index in [0.717, 1.165) is 21.9 Å².